The van der Waals surface area contributed by atoms with E-state index in [-0.39, 0.29) is 11.9 Å². The van der Waals surface area contributed by atoms with Gasteiger partial charge in [-0.1, -0.05) is 5.16 Å². The van der Waals surface area contributed by atoms with Crippen LogP contribution >= 0.6 is 0 Å². The van der Waals surface area contributed by atoms with Gasteiger partial charge >= 0.3 is 0 Å². The number of hydrogen-bond acceptors (Lipinski definition) is 5. The molecule has 0 spiro atoms. The largest absolute Gasteiger partial charge is 0.334 e. The van der Waals surface area contributed by atoms with Crippen LogP contribution in [0.15, 0.2) is 22.7 Å². The van der Waals surface area contributed by atoms with Crippen LogP contribution in [0.4, 0.5) is 4.39 Å². The molecule has 0 amide bonds. The van der Waals surface area contributed by atoms with Gasteiger partial charge < -0.3 is 15.2 Å². The first kappa shape index (κ1) is 13.6. The fourth-order valence-corrected chi connectivity index (χ4v) is 1.76. The van der Waals surface area contributed by atoms with Crippen LogP contribution in [0.1, 0.15) is 17.4 Å². The molecule has 0 aliphatic carbocycles. The molecule has 0 aliphatic rings. The van der Waals surface area contributed by atoms with E-state index in [1.807, 2.05) is 19.0 Å². The Balaban J connectivity index is 2.22. The number of halogens is 1. The number of nitrogens with two attached hydrogens (primary N) is 1. The molecule has 0 aliphatic heterocycles. The molecule has 0 fully saturated rings. The maximum absolute atomic E-state index is 13.2. The van der Waals surface area contributed by atoms with Crippen molar-refractivity contribution >= 4 is 0 Å². The Labute approximate surface area is 111 Å². The van der Waals surface area contributed by atoms with Crippen LogP contribution in [0, 0.1) is 12.7 Å². The minimum absolute atomic E-state index is 0.257. The number of likely N-dealkylation sites (N-methyl/N-ethyl adjacent to an activating group) is 1. The molecule has 0 radical (unpaired) electrons. The summed E-state index contributed by atoms with van der Waals surface area (Å²) in [4.78, 5) is 6.20. The molecule has 1 aromatic heterocycles. The molecule has 6 heteroatoms. The van der Waals surface area contributed by atoms with Crippen molar-refractivity contribution < 1.29 is 8.91 Å². The van der Waals surface area contributed by atoms with Crippen molar-refractivity contribution in [3.8, 4) is 11.5 Å². The van der Waals surface area contributed by atoms with E-state index in [1.54, 1.807) is 19.1 Å². The van der Waals surface area contributed by atoms with E-state index < -0.39 is 0 Å². The quantitative estimate of drug-likeness (QED) is 0.911. The molecule has 0 saturated heterocycles. The van der Waals surface area contributed by atoms with Crippen molar-refractivity contribution in [1.82, 2.24) is 15.0 Å². The summed E-state index contributed by atoms with van der Waals surface area (Å²) in [5, 5.41) is 3.87. The summed E-state index contributed by atoms with van der Waals surface area (Å²) >= 11 is 0. The highest BCUT2D eigenvalue weighted by Gasteiger charge is 2.16. The molecule has 0 saturated carbocycles. The van der Waals surface area contributed by atoms with Crippen molar-refractivity contribution in [2.75, 3.05) is 20.6 Å². The van der Waals surface area contributed by atoms with E-state index in [0.29, 0.717) is 29.4 Å². The van der Waals surface area contributed by atoms with E-state index in [9.17, 15) is 4.39 Å². The predicted octanol–water partition coefficient (Wildman–Crippen LogP) is 1.75. The molecule has 2 rings (SSSR count). The highest BCUT2D eigenvalue weighted by molar-refractivity contribution is 5.54. The standard InChI is InChI=1S/C13H17FN4O/c1-8-6-9(4-5-10(8)14)13-16-12(17-19-13)11(15)7-18(2)3/h4-6,11H,7,15H2,1-3H3. The third-order valence-corrected chi connectivity index (χ3v) is 2.74. The molecule has 1 unspecified atom stereocenters. The van der Waals surface area contributed by atoms with E-state index >= 15 is 0 Å². The smallest absolute Gasteiger partial charge is 0.257 e. The highest BCUT2D eigenvalue weighted by atomic mass is 19.1. The van der Waals surface area contributed by atoms with Crippen molar-refractivity contribution in [2.24, 2.45) is 5.73 Å². The normalized spacial score (nSPS) is 12.9. The first-order valence-corrected chi connectivity index (χ1v) is 5.98. The van der Waals surface area contributed by atoms with Crippen LogP contribution in [0.2, 0.25) is 0 Å². The number of benzene rings is 1. The number of rotatable bonds is 4. The molecule has 102 valence electrons. The fourth-order valence-electron chi connectivity index (χ4n) is 1.76. The molecule has 5 nitrogen and oxygen atoms in total. The molecule has 2 N–H and O–H groups in total. The number of aromatic nitrogens is 2. The number of aryl methyl sites for hydroxylation is 1. The second-order valence-corrected chi connectivity index (χ2v) is 4.79. The maximum Gasteiger partial charge on any atom is 0.257 e. The molecule has 0 bridgehead atoms. The van der Waals surface area contributed by atoms with Gasteiger partial charge in [0.1, 0.15) is 5.82 Å². The van der Waals surface area contributed by atoms with Gasteiger partial charge in [0.05, 0.1) is 6.04 Å². The Hall–Kier alpha value is -1.79. The highest BCUT2D eigenvalue weighted by Crippen LogP contribution is 2.21. The second-order valence-electron chi connectivity index (χ2n) is 4.79. The summed E-state index contributed by atoms with van der Waals surface area (Å²) in [6, 6.07) is 4.35. The third-order valence-electron chi connectivity index (χ3n) is 2.74. The van der Waals surface area contributed by atoms with Gasteiger partial charge in [0.2, 0.25) is 0 Å². The van der Waals surface area contributed by atoms with E-state index in [4.69, 9.17) is 10.3 Å². The Morgan fingerprint density at radius 3 is 2.79 bits per heavy atom. The van der Waals surface area contributed by atoms with E-state index in [1.165, 1.54) is 6.07 Å². The lowest BCUT2D eigenvalue weighted by molar-refractivity contribution is 0.357. The van der Waals surface area contributed by atoms with Gasteiger partial charge in [0.25, 0.3) is 5.89 Å². The Bertz CT molecular complexity index is 568. The van der Waals surface area contributed by atoms with Gasteiger partial charge in [0.15, 0.2) is 5.82 Å². The van der Waals surface area contributed by atoms with Gasteiger partial charge in [0, 0.05) is 12.1 Å². The first-order chi connectivity index (χ1) is 8.97. The zero-order valence-corrected chi connectivity index (χ0v) is 11.2. The van der Waals surface area contributed by atoms with Crippen molar-refractivity contribution in [3.05, 3.63) is 35.4 Å². The van der Waals surface area contributed by atoms with Crippen molar-refractivity contribution in [2.45, 2.75) is 13.0 Å². The van der Waals surface area contributed by atoms with Gasteiger partial charge in [-0.2, -0.15) is 4.98 Å². The average Bonchev–Trinajstić information content (AvgIpc) is 2.81. The minimum atomic E-state index is -0.311. The molecule has 1 aromatic carbocycles. The van der Waals surface area contributed by atoms with E-state index in [2.05, 4.69) is 10.1 Å². The van der Waals surface area contributed by atoms with Crippen LogP contribution in [0.25, 0.3) is 11.5 Å². The van der Waals surface area contributed by atoms with Gasteiger partial charge in [-0.25, -0.2) is 4.39 Å². The zero-order chi connectivity index (χ0) is 14.0. The van der Waals surface area contributed by atoms with Crippen LogP contribution in [0.5, 0.6) is 0 Å². The lowest BCUT2D eigenvalue weighted by Gasteiger charge is -2.12. The Morgan fingerprint density at radius 2 is 2.16 bits per heavy atom. The fraction of sp³-hybridized carbons (Fsp3) is 0.385. The van der Waals surface area contributed by atoms with Gasteiger partial charge in [-0.05, 0) is 44.8 Å². The molecule has 1 atom stereocenters. The van der Waals surface area contributed by atoms with Crippen LogP contribution < -0.4 is 5.73 Å². The summed E-state index contributed by atoms with van der Waals surface area (Å²) < 4.78 is 18.4. The summed E-state index contributed by atoms with van der Waals surface area (Å²) in [5.74, 6) is 0.547. The summed E-state index contributed by atoms with van der Waals surface area (Å²) in [5.41, 5.74) is 7.18. The van der Waals surface area contributed by atoms with Crippen LogP contribution in [0.3, 0.4) is 0 Å². The van der Waals surface area contributed by atoms with Crippen LogP contribution in [-0.2, 0) is 0 Å². The molecule has 1 heterocycles. The van der Waals surface area contributed by atoms with Crippen molar-refractivity contribution in [3.63, 3.8) is 0 Å². The number of hydrogen-bond donors (Lipinski definition) is 1. The zero-order valence-electron chi connectivity index (χ0n) is 11.2. The first-order valence-electron chi connectivity index (χ1n) is 5.98. The van der Waals surface area contributed by atoms with Crippen LogP contribution in [-0.4, -0.2) is 35.7 Å². The lowest BCUT2D eigenvalue weighted by atomic mass is 10.1. The topological polar surface area (TPSA) is 68.2 Å². The predicted molar refractivity (Wildman–Crippen MR) is 69.9 cm³/mol. The third kappa shape index (κ3) is 3.15. The monoisotopic (exact) mass is 264 g/mol. The van der Waals surface area contributed by atoms with E-state index in [0.717, 1.165) is 0 Å². The molecular weight excluding hydrogens is 247 g/mol. The summed E-state index contributed by atoms with van der Waals surface area (Å²) in [7, 11) is 3.84. The second kappa shape index (κ2) is 5.46. The molecular formula is C13H17FN4O. The average molecular weight is 264 g/mol. The minimum Gasteiger partial charge on any atom is -0.334 e. The Morgan fingerprint density at radius 1 is 1.42 bits per heavy atom. The summed E-state index contributed by atoms with van der Waals surface area (Å²) in [6.07, 6.45) is 0. The Kier molecular flexibility index (Phi) is 3.92. The molecule has 2 aromatic rings. The van der Waals surface area contributed by atoms with Crippen molar-refractivity contribution in [1.29, 1.82) is 0 Å². The lowest BCUT2D eigenvalue weighted by Crippen LogP contribution is -2.26. The maximum atomic E-state index is 13.2. The molecule has 19 heavy (non-hydrogen) atoms. The number of nitrogens with zero attached hydrogens (tertiary/aromatic N) is 3. The summed E-state index contributed by atoms with van der Waals surface area (Å²) in [6.45, 7) is 2.31. The van der Waals surface area contributed by atoms with Gasteiger partial charge in [-0.15, -0.1) is 0 Å². The SMILES string of the molecule is Cc1cc(-c2nc(C(N)CN(C)C)no2)ccc1F. The van der Waals surface area contributed by atoms with Gasteiger partial charge in [-0.3, -0.25) is 0 Å².